The fourth-order valence-electron chi connectivity index (χ4n) is 0.250. The van der Waals surface area contributed by atoms with Gasteiger partial charge in [-0.3, -0.25) is 0 Å². The Hall–Kier alpha value is -0.620. The van der Waals surface area contributed by atoms with Gasteiger partial charge in [-0.15, -0.1) is 0 Å². The van der Waals surface area contributed by atoms with E-state index in [-0.39, 0.29) is 5.66 Å². The first-order valence-corrected chi connectivity index (χ1v) is 1.89. The number of nitrogens with zero attached hydrogens (tertiary/aromatic N) is 2. The molecule has 0 aromatic rings. The van der Waals surface area contributed by atoms with Crippen molar-refractivity contribution in [1.29, 1.82) is 0 Å². The first-order valence-electron chi connectivity index (χ1n) is 1.89. The van der Waals surface area contributed by atoms with Gasteiger partial charge in [0.1, 0.15) is 0 Å². The van der Waals surface area contributed by atoms with E-state index in [1.807, 2.05) is 13.8 Å². The second kappa shape index (κ2) is 0.713. The van der Waals surface area contributed by atoms with Crippen LogP contribution in [0.25, 0.3) is 0 Å². The molecule has 1 rings (SSSR count). The lowest BCUT2D eigenvalue weighted by molar-refractivity contribution is 0.529. The molecule has 0 fully saturated rings. The van der Waals surface area contributed by atoms with Crippen molar-refractivity contribution < 1.29 is 0 Å². The van der Waals surface area contributed by atoms with E-state index in [9.17, 15) is 0 Å². The highest BCUT2D eigenvalue weighted by atomic mass is 15.1. The Bertz CT molecular complexity index is 108. The summed E-state index contributed by atoms with van der Waals surface area (Å²) in [4.78, 5) is 7.57. The number of aliphatic imine (C=N–C) groups is 2. The SMILES string of the molecule is CC1(C)N=C=N1. The minimum atomic E-state index is -0.139. The van der Waals surface area contributed by atoms with E-state index in [0.717, 1.165) is 0 Å². The highest BCUT2D eigenvalue weighted by Crippen LogP contribution is 2.12. The molecule has 0 unspecified atom stereocenters. The maximum Gasteiger partial charge on any atom is 0.165 e. The van der Waals surface area contributed by atoms with Crippen LogP contribution < -0.4 is 0 Å². The zero-order chi connectivity index (χ0) is 4.62. The van der Waals surface area contributed by atoms with Crippen molar-refractivity contribution in [2.75, 3.05) is 0 Å². The van der Waals surface area contributed by atoms with Gasteiger partial charge in [0.15, 0.2) is 5.66 Å². The maximum atomic E-state index is 3.78. The Morgan fingerprint density at radius 1 is 1.33 bits per heavy atom. The Kier molecular flexibility index (Phi) is 0.423. The summed E-state index contributed by atoms with van der Waals surface area (Å²) in [7, 11) is 0. The zero-order valence-corrected chi connectivity index (χ0v) is 3.89. The minimum Gasteiger partial charge on any atom is -0.195 e. The van der Waals surface area contributed by atoms with Crippen LogP contribution in [0.3, 0.4) is 0 Å². The molecular weight excluding hydrogens is 76.1 g/mol. The molecule has 0 aromatic carbocycles. The third-order valence-corrected chi connectivity index (χ3v) is 0.647. The van der Waals surface area contributed by atoms with Gasteiger partial charge in [-0.1, -0.05) is 0 Å². The third kappa shape index (κ3) is 0.352. The molecule has 0 atom stereocenters. The van der Waals surface area contributed by atoms with E-state index >= 15 is 0 Å². The van der Waals surface area contributed by atoms with Crippen LogP contribution >= 0.6 is 0 Å². The van der Waals surface area contributed by atoms with Crippen LogP contribution in [0.5, 0.6) is 0 Å². The molecule has 0 saturated carbocycles. The summed E-state index contributed by atoms with van der Waals surface area (Å²) in [5.74, 6) is 0. The fraction of sp³-hybridized carbons (Fsp3) is 0.750. The molecule has 32 valence electrons. The summed E-state index contributed by atoms with van der Waals surface area (Å²) < 4.78 is 0. The maximum absolute atomic E-state index is 3.78. The van der Waals surface area contributed by atoms with Crippen LogP contribution in [0.2, 0.25) is 0 Å². The Morgan fingerprint density at radius 3 is 1.67 bits per heavy atom. The molecule has 0 N–H and O–H groups in total. The molecule has 0 amide bonds. The molecule has 1 aliphatic heterocycles. The third-order valence-electron chi connectivity index (χ3n) is 0.647. The molecule has 6 heavy (non-hydrogen) atoms. The average Bonchev–Trinajstić information content (AvgIpc) is 1.32. The molecule has 2 heteroatoms. The highest BCUT2D eigenvalue weighted by Gasteiger charge is 2.16. The zero-order valence-electron chi connectivity index (χ0n) is 3.89. The predicted molar refractivity (Wildman–Crippen MR) is 23.9 cm³/mol. The van der Waals surface area contributed by atoms with Gasteiger partial charge in [-0.25, -0.2) is 0 Å². The van der Waals surface area contributed by atoms with Crippen molar-refractivity contribution in [1.82, 2.24) is 0 Å². The predicted octanol–water partition coefficient (Wildman–Crippen LogP) is 0.910. The molecule has 0 spiro atoms. The van der Waals surface area contributed by atoms with Gasteiger partial charge in [0.05, 0.1) is 6.01 Å². The van der Waals surface area contributed by atoms with Gasteiger partial charge in [0.2, 0.25) is 0 Å². The first kappa shape index (κ1) is 3.57. The quantitative estimate of drug-likeness (QED) is 0.415. The van der Waals surface area contributed by atoms with E-state index in [2.05, 4.69) is 16.0 Å². The monoisotopic (exact) mass is 82.1 g/mol. The standard InChI is InChI=1S/C4H6N2/c1-4(2)5-3-6-4/h1-2H3. The number of rotatable bonds is 0. The number of hydrogen-bond donors (Lipinski definition) is 0. The fourth-order valence-corrected chi connectivity index (χ4v) is 0.250. The van der Waals surface area contributed by atoms with Gasteiger partial charge in [0.25, 0.3) is 0 Å². The summed E-state index contributed by atoms with van der Waals surface area (Å²) in [6, 6.07) is 2.45. The topological polar surface area (TPSA) is 24.7 Å². The molecule has 2 nitrogen and oxygen atoms in total. The van der Waals surface area contributed by atoms with E-state index in [1.54, 1.807) is 0 Å². The van der Waals surface area contributed by atoms with Crippen LogP contribution in [0.1, 0.15) is 13.8 Å². The lowest BCUT2D eigenvalue weighted by Crippen LogP contribution is -2.17. The summed E-state index contributed by atoms with van der Waals surface area (Å²) in [6.07, 6.45) is 0. The molecule has 0 aliphatic carbocycles. The van der Waals surface area contributed by atoms with Gasteiger partial charge in [0, 0.05) is 0 Å². The molecule has 0 radical (unpaired) electrons. The number of hydrogen-bond acceptors (Lipinski definition) is 2. The van der Waals surface area contributed by atoms with E-state index in [0.29, 0.717) is 0 Å². The second-order valence-electron chi connectivity index (χ2n) is 1.82. The van der Waals surface area contributed by atoms with Gasteiger partial charge < -0.3 is 0 Å². The largest absolute Gasteiger partial charge is 0.195 e. The lowest BCUT2D eigenvalue weighted by atomic mass is 10.3. The Labute approximate surface area is 36.6 Å². The van der Waals surface area contributed by atoms with Crippen LogP contribution in [-0.4, -0.2) is 11.7 Å². The van der Waals surface area contributed by atoms with E-state index in [1.165, 1.54) is 0 Å². The van der Waals surface area contributed by atoms with Crippen molar-refractivity contribution in [3.8, 4) is 0 Å². The van der Waals surface area contributed by atoms with Crippen molar-refractivity contribution in [3.05, 3.63) is 0 Å². The smallest absolute Gasteiger partial charge is 0.165 e. The van der Waals surface area contributed by atoms with Gasteiger partial charge >= 0.3 is 0 Å². The van der Waals surface area contributed by atoms with Gasteiger partial charge in [-0.2, -0.15) is 9.98 Å². The van der Waals surface area contributed by atoms with E-state index in [4.69, 9.17) is 0 Å². The summed E-state index contributed by atoms with van der Waals surface area (Å²) in [5.41, 5.74) is -0.139. The minimum absolute atomic E-state index is 0.139. The van der Waals surface area contributed by atoms with Crippen molar-refractivity contribution in [2.24, 2.45) is 9.98 Å². The molecule has 0 saturated heterocycles. The molecule has 1 heterocycles. The second-order valence-corrected chi connectivity index (χ2v) is 1.82. The molecule has 1 aliphatic rings. The van der Waals surface area contributed by atoms with Gasteiger partial charge in [-0.05, 0) is 13.8 Å². The summed E-state index contributed by atoms with van der Waals surface area (Å²) in [6.45, 7) is 3.87. The molecule has 0 aromatic heterocycles. The van der Waals surface area contributed by atoms with E-state index < -0.39 is 0 Å². The van der Waals surface area contributed by atoms with Crippen LogP contribution in [0.4, 0.5) is 0 Å². The van der Waals surface area contributed by atoms with Crippen molar-refractivity contribution in [3.63, 3.8) is 0 Å². The van der Waals surface area contributed by atoms with Crippen LogP contribution in [0.15, 0.2) is 9.98 Å². The first-order chi connectivity index (χ1) is 2.71. The molecular formula is C4H6N2. The normalized spacial score (nSPS) is 23.7. The Balaban J connectivity index is 2.69. The summed E-state index contributed by atoms with van der Waals surface area (Å²) >= 11 is 0. The summed E-state index contributed by atoms with van der Waals surface area (Å²) in [5, 5.41) is 0. The average molecular weight is 82.1 g/mol. The Morgan fingerprint density at radius 2 is 1.67 bits per heavy atom. The molecule has 0 bridgehead atoms. The van der Waals surface area contributed by atoms with Crippen LogP contribution in [-0.2, 0) is 0 Å². The van der Waals surface area contributed by atoms with Crippen molar-refractivity contribution in [2.45, 2.75) is 19.5 Å². The van der Waals surface area contributed by atoms with Crippen molar-refractivity contribution >= 4 is 6.01 Å². The van der Waals surface area contributed by atoms with Crippen LogP contribution in [0, 0.1) is 0 Å². The lowest BCUT2D eigenvalue weighted by Gasteiger charge is -2.13. The highest BCUT2D eigenvalue weighted by molar-refractivity contribution is 5.49.